The zero-order chi connectivity index (χ0) is 20.2. The summed E-state index contributed by atoms with van der Waals surface area (Å²) in [5, 5.41) is 5.65. The number of alkyl halides is 3. The topological polar surface area (TPSA) is 45.7 Å². The summed E-state index contributed by atoms with van der Waals surface area (Å²) in [5.74, 6) is 0.377. The summed E-state index contributed by atoms with van der Waals surface area (Å²) in [5.41, 5.74) is 3.15. The molecule has 2 aromatic rings. The second-order valence-corrected chi connectivity index (χ2v) is 6.28. The Kier molecular flexibility index (Phi) is 8.81. The average molecular weight is 393 g/mol. The standard InChI is InChI=1S/C21H26F3N3O/c1-2-25-20(26-13-12-21(22,23)24)27-14-17-8-10-19(11-9-17)16-28-15-18-6-4-3-5-7-18/h3-11H,2,12-16H2,1H3,(H2,25,26,27). The van der Waals surface area contributed by atoms with Gasteiger partial charge >= 0.3 is 6.18 Å². The number of nitrogens with zero attached hydrogens (tertiary/aromatic N) is 1. The Hall–Kier alpha value is -2.54. The fraction of sp³-hybridized carbons (Fsp3) is 0.381. The molecule has 0 unspecified atom stereocenters. The molecule has 0 heterocycles. The van der Waals surface area contributed by atoms with Crippen LogP contribution in [0, 0.1) is 0 Å². The molecule has 0 saturated carbocycles. The zero-order valence-corrected chi connectivity index (χ0v) is 15.9. The number of halogens is 3. The van der Waals surface area contributed by atoms with Crippen LogP contribution in [-0.4, -0.2) is 25.2 Å². The fourth-order valence-electron chi connectivity index (χ4n) is 2.44. The summed E-state index contributed by atoms with van der Waals surface area (Å²) in [4.78, 5) is 4.33. The Bertz CT molecular complexity index is 716. The van der Waals surface area contributed by atoms with Gasteiger partial charge in [-0.15, -0.1) is 0 Å². The highest BCUT2D eigenvalue weighted by atomic mass is 19.4. The molecular formula is C21H26F3N3O. The Morgan fingerprint density at radius 2 is 1.50 bits per heavy atom. The summed E-state index contributed by atoms with van der Waals surface area (Å²) in [7, 11) is 0. The summed E-state index contributed by atoms with van der Waals surface area (Å²) < 4.78 is 42.5. The van der Waals surface area contributed by atoms with Crippen molar-refractivity contribution in [3.8, 4) is 0 Å². The highest BCUT2D eigenvalue weighted by molar-refractivity contribution is 5.79. The van der Waals surface area contributed by atoms with Gasteiger partial charge in [-0.05, 0) is 23.6 Å². The Morgan fingerprint density at radius 1 is 0.893 bits per heavy atom. The number of guanidine groups is 1. The van der Waals surface area contributed by atoms with E-state index in [4.69, 9.17) is 4.74 Å². The third kappa shape index (κ3) is 8.90. The first-order valence-corrected chi connectivity index (χ1v) is 9.24. The first-order valence-electron chi connectivity index (χ1n) is 9.24. The predicted molar refractivity (Wildman–Crippen MR) is 105 cm³/mol. The molecule has 0 atom stereocenters. The van der Waals surface area contributed by atoms with E-state index in [0.717, 1.165) is 16.7 Å². The molecule has 0 aliphatic heterocycles. The van der Waals surface area contributed by atoms with Gasteiger partial charge < -0.3 is 15.4 Å². The van der Waals surface area contributed by atoms with Gasteiger partial charge in [-0.3, -0.25) is 0 Å². The van der Waals surface area contributed by atoms with Gasteiger partial charge in [0.15, 0.2) is 5.96 Å². The van der Waals surface area contributed by atoms with Crippen LogP contribution in [0.4, 0.5) is 13.2 Å². The van der Waals surface area contributed by atoms with Crippen LogP contribution < -0.4 is 10.6 Å². The van der Waals surface area contributed by atoms with Gasteiger partial charge in [0.2, 0.25) is 0 Å². The monoisotopic (exact) mass is 393 g/mol. The number of nitrogens with one attached hydrogen (secondary N) is 2. The van der Waals surface area contributed by atoms with E-state index >= 15 is 0 Å². The first-order chi connectivity index (χ1) is 13.5. The maximum atomic E-state index is 12.3. The van der Waals surface area contributed by atoms with Crippen molar-refractivity contribution in [3.63, 3.8) is 0 Å². The van der Waals surface area contributed by atoms with Crippen molar-refractivity contribution in [3.05, 3.63) is 71.3 Å². The van der Waals surface area contributed by atoms with Crippen LogP contribution in [-0.2, 0) is 24.5 Å². The lowest BCUT2D eigenvalue weighted by Gasteiger charge is -2.12. The second-order valence-electron chi connectivity index (χ2n) is 6.28. The molecule has 2 aromatic carbocycles. The van der Waals surface area contributed by atoms with Crippen molar-refractivity contribution < 1.29 is 17.9 Å². The Balaban J connectivity index is 1.79. The minimum Gasteiger partial charge on any atom is -0.372 e. The second kappa shape index (κ2) is 11.3. The van der Waals surface area contributed by atoms with Crippen LogP contribution in [0.1, 0.15) is 30.0 Å². The molecule has 4 nitrogen and oxygen atoms in total. The normalized spacial score (nSPS) is 12.1. The van der Waals surface area contributed by atoms with Crippen molar-refractivity contribution in [1.29, 1.82) is 0 Å². The van der Waals surface area contributed by atoms with E-state index < -0.39 is 12.6 Å². The van der Waals surface area contributed by atoms with Gasteiger partial charge in [-0.2, -0.15) is 13.2 Å². The third-order valence-corrected chi connectivity index (χ3v) is 3.87. The molecule has 0 spiro atoms. The predicted octanol–water partition coefficient (Wildman–Crippen LogP) is 4.41. The lowest BCUT2D eigenvalue weighted by molar-refractivity contribution is -0.132. The van der Waals surface area contributed by atoms with E-state index in [9.17, 15) is 13.2 Å². The molecule has 0 radical (unpaired) electrons. The number of benzene rings is 2. The van der Waals surface area contributed by atoms with E-state index in [2.05, 4.69) is 15.6 Å². The van der Waals surface area contributed by atoms with Crippen LogP contribution in [0.25, 0.3) is 0 Å². The summed E-state index contributed by atoms with van der Waals surface area (Å²) >= 11 is 0. The Labute approximate surface area is 163 Å². The number of aliphatic imine (C=N–C) groups is 1. The molecule has 7 heteroatoms. The van der Waals surface area contributed by atoms with Crippen molar-refractivity contribution in [2.75, 3.05) is 13.1 Å². The number of hydrogen-bond acceptors (Lipinski definition) is 2. The van der Waals surface area contributed by atoms with Crippen molar-refractivity contribution >= 4 is 5.96 Å². The van der Waals surface area contributed by atoms with Gasteiger partial charge in [-0.25, -0.2) is 4.99 Å². The molecule has 0 aromatic heterocycles. The third-order valence-electron chi connectivity index (χ3n) is 3.87. The average Bonchev–Trinajstić information content (AvgIpc) is 2.67. The highest BCUT2D eigenvalue weighted by Crippen LogP contribution is 2.18. The minimum atomic E-state index is -4.18. The smallest absolute Gasteiger partial charge is 0.372 e. The quantitative estimate of drug-likeness (QED) is 0.490. The molecule has 28 heavy (non-hydrogen) atoms. The van der Waals surface area contributed by atoms with Gasteiger partial charge in [-0.1, -0.05) is 54.6 Å². The van der Waals surface area contributed by atoms with Crippen LogP contribution in [0.15, 0.2) is 59.6 Å². The van der Waals surface area contributed by atoms with Crippen molar-refractivity contribution in [1.82, 2.24) is 10.6 Å². The molecule has 2 N–H and O–H groups in total. The van der Waals surface area contributed by atoms with Crippen LogP contribution in [0.3, 0.4) is 0 Å². The lowest BCUT2D eigenvalue weighted by Crippen LogP contribution is -2.38. The lowest BCUT2D eigenvalue weighted by atomic mass is 10.1. The summed E-state index contributed by atoms with van der Waals surface area (Å²) in [6.45, 7) is 3.70. The molecule has 0 saturated heterocycles. The van der Waals surface area contributed by atoms with E-state index in [0.29, 0.717) is 32.3 Å². The van der Waals surface area contributed by atoms with Gasteiger partial charge in [0.1, 0.15) is 0 Å². The summed E-state index contributed by atoms with van der Waals surface area (Å²) in [6.07, 6.45) is -5.07. The SMILES string of the molecule is CCNC(=NCc1ccc(COCc2ccccc2)cc1)NCCC(F)(F)F. The fourth-order valence-corrected chi connectivity index (χ4v) is 2.44. The van der Waals surface area contributed by atoms with Crippen LogP contribution in [0.5, 0.6) is 0 Å². The molecule has 152 valence electrons. The largest absolute Gasteiger partial charge is 0.390 e. The maximum Gasteiger partial charge on any atom is 0.390 e. The van der Waals surface area contributed by atoms with Gasteiger partial charge in [0, 0.05) is 13.1 Å². The van der Waals surface area contributed by atoms with Crippen LogP contribution >= 0.6 is 0 Å². The van der Waals surface area contributed by atoms with E-state index in [1.165, 1.54) is 0 Å². The molecule has 0 aliphatic rings. The van der Waals surface area contributed by atoms with E-state index in [1.807, 2.05) is 61.5 Å². The number of ether oxygens (including phenoxy) is 1. The van der Waals surface area contributed by atoms with E-state index in [1.54, 1.807) is 0 Å². The van der Waals surface area contributed by atoms with Gasteiger partial charge in [0.25, 0.3) is 0 Å². The van der Waals surface area contributed by atoms with Crippen LogP contribution in [0.2, 0.25) is 0 Å². The Morgan fingerprint density at radius 3 is 2.11 bits per heavy atom. The molecule has 2 rings (SSSR count). The first kappa shape index (κ1) is 21.8. The number of rotatable bonds is 9. The van der Waals surface area contributed by atoms with Crippen molar-refractivity contribution in [2.45, 2.75) is 39.3 Å². The molecule has 0 fully saturated rings. The zero-order valence-electron chi connectivity index (χ0n) is 15.9. The molecule has 0 bridgehead atoms. The van der Waals surface area contributed by atoms with Gasteiger partial charge in [0.05, 0.1) is 26.2 Å². The summed E-state index contributed by atoms with van der Waals surface area (Å²) in [6, 6.07) is 17.8. The highest BCUT2D eigenvalue weighted by Gasteiger charge is 2.26. The van der Waals surface area contributed by atoms with E-state index in [-0.39, 0.29) is 6.54 Å². The number of hydrogen-bond donors (Lipinski definition) is 2. The van der Waals surface area contributed by atoms with Crippen molar-refractivity contribution in [2.24, 2.45) is 4.99 Å². The maximum absolute atomic E-state index is 12.3. The molecule has 0 aliphatic carbocycles. The minimum absolute atomic E-state index is 0.201. The molecular weight excluding hydrogens is 367 g/mol. The molecule has 0 amide bonds.